The summed E-state index contributed by atoms with van der Waals surface area (Å²) in [6.45, 7) is 4.19. The molecule has 0 amide bonds. The number of allylic oxidation sites excluding steroid dienone is 2. The molecule has 0 aromatic heterocycles. The minimum Gasteiger partial charge on any atom is -0.486 e. The Labute approximate surface area is 91.1 Å². The summed E-state index contributed by atoms with van der Waals surface area (Å²) in [4.78, 5) is 0. The van der Waals surface area contributed by atoms with Crippen LogP contribution in [0.3, 0.4) is 0 Å². The second-order valence-electron chi connectivity index (χ2n) is 4.01. The molecule has 1 aromatic rings. The molecule has 1 nitrogen and oxygen atoms in total. The van der Waals surface area contributed by atoms with Crippen LogP contribution in [0.4, 0.5) is 0 Å². The van der Waals surface area contributed by atoms with Crippen LogP contribution in [0.1, 0.15) is 18.9 Å². The first-order valence-electron chi connectivity index (χ1n) is 5.32. The molecule has 1 aromatic carbocycles. The zero-order valence-electron chi connectivity index (χ0n) is 9.23. The molecule has 0 radical (unpaired) electrons. The Morgan fingerprint density at radius 1 is 1.13 bits per heavy atom. The van der Waals surface area contributed by atoms with Crippen LogP contribution in [0.5, 0.6) is 5.75 Å². The lowest BCUT2D eigenvalue weighted by molar-refractivity contribution is 0.251. The van der Waals surface area contributed by atoms with Crippen molar-refractivity contribution in [3.63, 3.8) is 0 Å². The van der Waals surface area contributed by atoms with Gasteiger partial charge in [-0.15, -0.1) is 0 Å². The lowest BCUT2D eigenvalue weighted by Crippen LogP contribution is -2.14. The largest absolute Gasteiger partial charge is 0.486 e. The number of hydrogen-bond acceptors (Lipinski definition) is 1. The van der Waals surface area contributed by atoms with E-state index in [1.54, 1.807) is 0 Å². The van der Waals surface area contributed by atoms with Crippen molar-refractivity contribution >= 4 is 0 Å². The van der Waals surface area contributed by atoms with E-state index in [2.05, 4.69) is 44.2 Å². The molecule has 0 heterocycles. The minimum absolute atomic E-state index is 0.191. The van der Waals surface area contributed by atoms with Gasteiger partial charge in [0.1, 0.15) is 11.9 Å². The average Bonchev–Trinajstić information content (AvgIpc) is 2.25. The summed E-state index contributed by atoms with van der Waals surface area (Å²) in [6, 6.07) is 8.19. The number of aryl methyl sites for hydroxylation is 1. The Morgan fingerprint density at radius 2 is 1.87 bits per heavy atom. The van der Waals surface area contributed by atoms with Crippen LogP contribution >= 0.6 is 0 Å². The molecule has 1 heteroatoms. The topological polar surface area (TPSA) is 9.23 Å². The fourth-order valence-corrected chi connectivity index (χ4v) is 1.59. The van der Waals surface area contributed by atoms with E-state index < -0.39 is 0 Å². The van der Waals surface area contributed by atoms with Gasteiger partial charge in [0.15, 0.2) is 0 Å². The number of rotatable bonds is 2. The van der Waals surface area contributed by atoms with E-state index in [0.717, 1.165) is 12.2 Å². The molecule has 1 atom stereocenters. The van der Waals surface area contributed by atoms with Crippen molar-refractivity contribution in [1.29, 1.82) is 0 Å². The SMILES string of the molecule is CC1=CCC(Oc2ccc(C)cc2)C=C1. The Balaban J connectivity index is 1.99. The van der Waals surface area contributed by atoms with E-state index in [-0.39, 0.29) is 6.10 Å². The molecule has 1 unspecified atom stereocenters. The van der Waals surface area contributed by atoms with Crippen LogP contribution < -0.4 is 4.74 Å². The van der Waals surface area contributed by atoms with E-state index in [1.807, 2.05) is 12.1 Å². The van der Waals surface area contributed by atoms with Gasteiger partial charge < -0.3 is 4.74 Å². The Kier molecular flexibility index (Phi) is 2.91. The highest BCUT2D eigenvalue weighted by Gasteiger charge is 2.08. The van der Waals surface area contributed by atoms with Gasteiger partial charge in [0, 0.05) is 6.42 Å². The summed E-state index contributed by atoms with van der Waals surface area (Å²) < 4.78 is 5.83. The monoisotopic (exact) mass is 200 g/mol. The maximum atomic E-state index is 5.83. The van der Waals surface area contributed by atoms with Crippen molar-refractivity contribution in [1.82, 2.24) is 0 Å². The van der Waals surface area contributed by atoms with Crippen LogP contribution in [0.2, 0.25) is 0 Å². The van der Waals surface area contributed by atoms with Crippen molar-refractivity contribution in [3.05, 3.63) is 53.6 Å². The third-order valence-corrected chi connectivity index (χ3v) is 2.55. The highest BCUT2D eigenvalue weighted by Crippen LogP contribution is 2.18. The van der Waals surface area contributed by atoms with Gasteiger partial charge in [-0.05, 0) is 32.1 Å². The van der Waals surface area contributed by atoms with Gasteiger partial charge in [-0.2, -0.15) is 0 Å². The van der Waals surface area contributed by atoms with Gasteiger partial charge in [-0.1, -0.05) is 35.4 Å². The predicted molar refractivity (Wildman–Crippen MR) is 63.1 cm³/mol. The predicted octanol–water partition coefficient (Wildman–Crippen LogP) is 3.65. The second kappa shape index (κ2) is 4.35. The van der Waals surface area contributed by atoms with Crippen LogP contribution in [0.25, 0.3) is 0 Å². The molecule has 0 N–H and O–H groups in total. The molecule has 0 fully saturated rings. The van der Waals surface area contributed by atoms with Gasteiger partial charge in [0.2, 0.25) is 0 Å². The van der Waals surface area contributed by atoms with Crippen LogP contribution in [0.15, 0.2) is 48.1 Å². The van der Waals surface area contributed by atoms with Crippen molar-refractivity contribution in [2.75, 3.05) is 0 Å². The molecule has 1 aliphatic carbocycles. The number of benzene rings is 1. The Morgan fingerprint density at radius 3 is 2.47 bits per heavy atom. The standard InChI is InChI=1S/C14H16O/c1-11-3-7-13(8-4-11)15-14-9-5-12(2)6-10-14/h3-9,14H,10H2,1-2H3. The molecule has 2 rings (SSSR count). The van der Waals surface area contributed by atoms with Crippen molar-refractivity contribution in [3.8, 4) is 5.75 Å². The molecule has 78 valence electrons. The van der Waals surface area contributed by atoms with Gasteiger partial charge >= 0.3 is 0 Å². The van der Waals surface area contributed by atoms with E-state index in [1.165, 1.54) is 11.1 Å². The highest BCUT2D eigenvalue weighted by molar-refractivity contribution is 5.28. The molecule has 0 spiro atoms. The Bertz CT molecular complexity index is 384. The first-order chi connectivity index (χ1) is 7.24. The molecule has 0 aliphatic heterocycles. The smallest absolute Gasteiger partial charge is 0.121 e. The van der Waals surface area contributed by atoms with Crippen LogP contribution in [0, 0.1) is 6.92 Å². The van der Waals surface area contributed by atoms with Crippen molar-refractivity contribution in [2.45, 2.75) is 26.4 Å². The summed E-state index contributed by atoms with van der Waals surface area (Å²) in [5.41, 5.74) is 2.58. The van der Waals surface area contributed by atoms with Crippen molar-refractivity contribution in [2.24, 2.45) is 0 Å². The summed E-state index contributed by atoms with van der Waals surface area (Å²) in [6.07, 6.45) is 7.60. The van der Waals surface area contributed by atoms with Gasteiger partial charge in [-0.3, -0.25) is 0 Å². The molecule has 15 heavy (non-hydrogen) atoms. The van der Waals surface area contributed by atoms with Crippen LogP contribution in [-0.2, 0) is 0 Å². The first kappa shape index (κ1) is 10.0. The van der Waals surface area contributed by atoms with Gasteiger partial charge in [0.05, 0.1) is 0 Å². The zero-order chi connectivity index (χ0) is 10.7. The van der Waals surface area contributed by atoms with E-state index in [9.17, 15) is 0 Å². The molecular weight excluding hydrogens is 184 g/mol. The van der Waals surface area contributed by atoms with E-state index in [0.29, 0.717) is 0 Å². The summed E-state index contributed by atoms with van der Waals surface area (Å²) in [5.74, 6) is 0.947. The summed E-state index contributed by atoms with van der Waals surface area (Å²) in [7, 11) is 0. The number of hydrogen-bond donors (Lipinski definition) is 0. The maximum Gasteiger partial charge on any atom is 0.121 e. The third-order valence-electron chi connectivity index (χ3n) is 2.55. The minimum atomic E-state index is 0.191. The normalized spacial score (nSPS) is 19.9. The Hall–Kier alpha value is -1.50. The third kappa shape index (κ3) is 2.72. The highest BCUT2D eigenvalue weighted by atomic mass is 16.5. The second-order valence-corrected chi connectivity index (χ2v) is 4.01. The average molecular weight is 200 g/mol. The molecule has 0 saturated carbocycles. The molecule has 0 bridgehead atoms. The molecule has 0 saturated heterocycles. The lowest BCUT2D eigenvalue weighted by atomic mass is 10.1. The quantitative estimate of drug-likeness (QED) is 0.708. The maximum absolute atomic E-state index is 5.83. The molecular formula is C14H16O. The van der Waals surface area contributed by atoms with E-state index >= 15 is 0 Å². The van der Waals surface area contributed by atoms with Crippen LogP contribution in [-0.4, -0.2) is 6.10 Å². The summed E-state index contributed by atoms with van der Waals surface area (Å²) in [5, 5.41) is 0. The fourth-order valence-electron chi connectivity index (χ4n) is 1.59. The van der Waals surface area contributed by atoms with Gasteiger partial charge in [-0.25, -0.2) is 0 Å². The number of ether oxygens (including phenoxy) is 1. The summed E-state index contributed by atoms with van der Waals surface area (Å²) >= 11 is 0. The fraction of sp³-hybridized carbons (Fsp3) is 0.286. The first-order valence-corrected chi connectivity index (χ1v) is 5.32. The zero-order valence-corrected chi connectivity index (χ0v) is 9.23. The lowest BCUT2D eigenvalue weighted by Gasteiger charge is -2.17. The van der Waals surface area contributed by atoms with Crippen molar-refractivity contribution < 1.29 is 4.74 Å². The van der Waals surface area contributed by atoms with Gasteiger partial charge in [0.25, 0.3) is 0 Å². The van der Waals surface area contributed by atoms with E-state index in [4.69, 9.17) is 4.74 Å². The molecule has 1 aliphatic rings.